The smallest absolute Gasteiger partial charge is 0.279 e. The van der Waals surface area contributed by atoms with Gasteiger partial charge in [0.25, 0.3) is 5.91 Å². The minimum atomic E-state index is -0.521. The zero-order valence-corrected chi connectivity index (χ0v) is 13.6. The van der Waals surface area contributed by atoms with Crippen LogP contribution in [0.5, 0.6) is 0 Å². The molecule has 0 unspecified atom stereocenters. The Morgan fingerprint density at radius 1 is 1.21 bits per heavy atom. The molecule has 2 aromatic carbocycles. The minimum absolute atomic E-state index is 0.0378. The number of benzene rings is 2. The third kappa shape index (κ3) is 4.86. The molecule has 0 aromatic heterocycles. The van der Waals surface area contributed by atoms with Gasteiger partial charge in [-0.15, -0.1) is 0 Å². The zero-order valence-electron chi connectivity index (χ0n) is 13.6. The highest BCUT2D eigenvalue weighted by Crippen LogP contribution is 2.17. The molecular weight excluding hydrogens is 309 g/mol. The summed E-state index contributed by atoms with van der Waals surface area (Å²) in [4.78, 5) is 25.1. The highest BCUT2D eigenvalue weighted by molar-refractivity contribution is 6.20. The predicted molar refractivity (Wildman–Crippen MR) is 90.7 cm³/mol. The molecule has 2 aromatic rings. The lowest BCUT2D eigenvalue weighted by Gasteiger charge is -2.05. The third-order valence-corrected chi connectivity index (χ3v) is 3.51. The molecular formula is C19H18FNO3. The van der Waals surface area contributed by atoms with Crippen molar-refractivity contribution in [1.29, 1.82) is 0 Å². The Morgan fingerprint density at radius 3 is 2.71 bits per heavy atom. The fourth-order valence-corrected chi connectivity index (χ4v) is 1.96. The number of aliphatic imine (C=N–C) groups is 1. The second-order valence-corrected chi connectivity index (χ2v) is 5.31. The van der Waals surface area contributed by atoms with E-state index in [1.807, 2.05) is 32.0 Å². The first kappa shape index (κ1) is 17.6. The van der Waals surface area contributed by atoms with E-state index in [1.54, 1.807) is 12.1 Å². The van der Waals surface area contributed by atoms with Crippen molar-refractivity contribution >= 4 is 17.9 Å². The van der Waals surface area contributed by atoms with Gasteiger partial charge in [0.1, 0.15) is 12.4 Å². The van der Waals surface area contributed by atoms with Gasteiger partial charge in [-0.05, 0) is 48.2 Å². The molecule has 0 radical (unpaired) electrons. The van der Waals surface area contributed by atoms with Crippen LogP contribution in [0.3, 0.4) is 0 Å². The van der Waals surface area contributed by atoms with E-state index in [2.05, 4.69) is 11.6 Å². The van der Waals surface area contributed by atoms with Gasteiger partial charge in [0.2, 0.25) is 6.40 Å². The van der Waals surface area contributed by atoms with Crippen molar-refractivity contribution in [3.8, 4) is 0 Å². The van der Waals surface area contributed by atoms with Crippen LogP contribution in [0.4, 0.5) is 4.39 Å². The molecule has 0 aliphatic carbocycles. The van der Waals surface area contributed by atoms with Crippen molar-refractivity contribution in [2.45, 2.75) is 20.5 Å². The summed E-state index contributed by atoms with van der Waals surface area (Å²) in [5.41, 5.74) is 3.79. The summed E-state index contributed by atoms with van der Waals surface area (Å²) < 4.78 is 13.0. The van der Waals surface area contributed by atoms with Crippen LogP contribution in [0, 0.1) is 19.7 Å². The number of amides is 1. The first-order chi connectivity index (χ1) is 11.5. The lowest BCUT2D eigenvalue weighted by Crippen LogP contribution is -2.00. The van der Waals surface area contributed by atoms with E-state index in [0.29, 0.717) is 11.1 Å². The van der Waals surface area contributed by atoms with Crippen molar-refractivity contribution < 1.29 is 19.0 Å². The van der Waals surface area contributed by atoms with Crippen LogP contribution in [-0.2, 0) is 21.2 Å². The maximum atomic E-state index is 13.0. The highest BCUT2D eigenvalue weighted by Gasteiger charge is 2.08. The van der Waals surface area contributed by atoms with Gasteiger partial charge in [0.05, 0.1) is 0 Å². The van der Waals surface area contributed by atoms with E-state index in [0.717, 1.165) is 17.5 Å². The van der Waals surface area contributed by atoms with Gasteiger partial charge in [-0.25, -0.2) is 4.39 Å². The van der Waals surface area contributed by atoms with Gasteiger partial charge in [-0.3, -0.25) is 4.79 Å². The van der Waals surface area contributed by atoms with Gasteiger partial charge in [0, 0.05) is 5.57 Å². The summed E-state index contributed by atoms with van der Waals surface area (Å²) in [7, 11) is 0. The average molecular weight is 327 g/mol. The highest BCUT2D eigenvalue weighted by atomic mass is 19.1. The number of hydrogen-bond acceptors (Lipinski definition) is 3. The van der Waals surface area contributed by atoms with E-state index in [1.165, 1.54) is 12.1 Å². The molecule has 0 bridgehead atoms. The average Bonchev–Trinajstić information content (AvgIpc) is 2.56. The van der Waals surface area contributed by atoms with Crippen molar-refractivity contribution in [2.75, 3.05) is 0 Å². The topological polar surface area (TPSA) is 47.9 Å². The van der Waals surface area contributed by atoms with E-state index in [9.17, 15) is 9.18 Å². The molecule has 0 aliphatic heterocycles. The second kappa shape index (κ2) is 8.17. The third-order valence-electron chi connectivity index (χ3n) is 3.51. The molecule has 0 N–H and O–H groups in total. The van der Waals surface area contributed by atoms with E-state index in [4.69, 9.17) is 9.78 Å². The summed E-state index contributed by atoms with van der Waals surface area (Å²) in [6, 6.07) is 11.5. The van der Waals surface area contributed by atoms with Crippen LogP contribution in [-0.4, -0.2) is 12.3 Å². The Kier molecular flexibility index (Phi) is 5.98. The lowest BCUT2D eigenvalue weighted by atomic mass is 10.0. The zero-order chi connectivity index (χ0) is 17.5. The van der Waals surface area contributed by atoms with Crippen LogP contribution in [0.2, 0.25) is 0 Å². The van der Waals surface area contributed by atoms with E-state index >= 15 is 0 Å². The fraction of sp³-hybridized carbons (Fsp3) is 0.158. The summed E-state index contributed by atoms with van der Waals surface area (Å²) in [5.74, 6) is -0.878. The quantitative estimate of drug-likeness (QED) is 0.200. The van der Waals surface area contributed by atoms with Crippen LogP contribution in [0.15, 0.2) is 54.0 Å². The molecule has 2 rings (SSSR count). The van der Waals surface area contributed by atoms with Crippen LogP contribution >= 0.6 is 0 Å². The number of hydrogen-bond donors (Lipinski definition) is 0. The maximum absolute atomic E-state index is 13.0. The molecule has 0 aliphatic rings. The standard InChI is InChI=1S/C19H18FNO3/c1-13-7-8-17(9-14(13)2)15(3)19(22)21-12-24-23-11-16-5-4-6-18(20)10-16/h4-10,12H,3,11H2,1-2H3. The Labute approximate surface area is 140 Å². The van der Waals surface area contributed by atoms with Crippen LogP contribution in [0.25, 0.3) is 5.57 Å². The number of carbonyl (C=O) groups excluding carboxylic acids is 1. The molecule has 4 nitrogen and oxygen atoms in total. The predicted octanol–water partition coefficient (Wildman–Crippen LogP) is 4.16. The van der Waals surface area contributed by atoms with E-state index in [-0.39, 0.29) is 18.0 Å². The maximum Gasteiger partial charge on any atom is 0.279 e. The number of halogens is 1. The second-order valence-electron chi connectivity index (χ2n) is 5.31. The van der Waals surface area contributed by atoms with E-state index < -0.39 is 5.91 Å². The van der Waals surface area contributed by atoms with Gasteiger partial charge in [-0.2, -0.15) is 9.88 Å². The molecule has 5 heteroatoms. The minimum Gasteiger partial charge on any atom is -0.325 e. The molecule has 124 valence electrons. The number of carbonyl (C=O) groups is 1. The molecule has 0 heterocycles. The number of aryl methyl sites for hydroxylation is 2. The fourth-order valence-electron chi connectivity index (χ4n) is 1.96. The van der Waals surface area contributed by atoms with Crippen molar-refractivity contribution in [1.82, 2.24) is 0 Å². The Morgan fingerprint density at radius 2 is 2.00 bits per heavy atom. The first-order valence-electron chi connectivity index (χ1n) is 7.33. The summed E-state index contributed by atoms with van der Waals surface area (Å²) >= 11 is 0. The molecule has 1 amide bonds. The van der Waals surface area contributed by atoms with Crippen molar-refractivity contribution in [3.63, 3.8) is 0 Å². The van der Waals surface area contributed by atoms with Gasteiger partial charge in [0.15, 0.2) is 0 Å². The lowest BCUT2D eigenvalue weighted by molar-refractivity contribution is -0.227. The van der Waals surface area contributed by atoms with Crippen LogP contribution < -0.4 is 0 Å². The van der Waals surface area contributed by atoms with Gasteiger partial charge in [-0.1, -0.05) is 36.9 Å². The number of rotatable bonds is 6. The first-order valence-corrected chi connectivity index (χ1v) is 7.33. The molecule has 0 spiro atoms. The SMILES string of the molecule is C=C(C(=O)N=COOCc1cccc(F)c1)c1ccc(C)c(C)c1. The molecule has 24 heavy (non-hydrogen) atoms. The molecule has 0 saturated heterocycles. The number of nitrogens with zero attached hydrogens (tertiary/aromatic N) is 1. The molecule has 0 atom stereocenters. The van der Waals surface area contributed by atoms with Gasteiger partial charge < -0.3 is 4.89 Å². The monoisotopic (exact) mass is 327 g/mol. The Bertz CT molecular complexity index is 784. The Balaban J connectivity index is 1.84. The van der Waals surface area contributed by atoms with Crippen LogP contribution in [0.1, 0.15) is 22.3 Å². The largest absolute Gasteiger partial charge is 0.325 e. The van der Waals surface area contributed by atoms with Crippen molar-refractivity contribution in [2.24, 2.45) is 4.99 Å². The summed E-state index contributed by atoms with van der Waals surface area (Å²) in [5, 5.41) is 0. The van der Waals surface area contributed by atoms with Crippen molar-refractivity contribution in [3.05, 3.63) is 77.1 Å². The molecule has 0 saturated carbocycles. The van der Waals surface area contributed by atoms with Gasteiger partial charge >= 0.3 is 0 Å². The molecule has 0 fully saturated rings. The summed E-state index contributed by atoms with van der Waals surface area (Å²) in [6.07, 6.45) is 0.897. The Hall–Kier alpha value is -2.79. The normalized spacial score (nSPS) is 10.8. The summed E-state index contributed by atoms with van der Waals surface area (Å²) in [6.45, 7) is 7.74.